The van der Waals surface area contributed by atoms with E-state index < -0.39 is 10.0 Å². The third-order valence-corrected chi connectivity index (χ3v) is 7.19. The van der Waals surface area contributed by atoms with Crippen LogP contribution < -0.4 is 9.80 Å². The molecule has 0 saturated carbocycles. The maximum Gasteiger partial charge on any atom is 0.227 e. The van der Waals surface area contributed by atoms with E-state index in [1.165, 1.54) is 28.6 Å². The minimum Gasteiger partial charge on any atom is -0.378 e. The third-order valence-electron chi connectivity index (χ3n) is 5.34. The normalized spacial score (nSPS) is 18.6. The molecule has 3 heterocycles. The molecule has 1 aromatic carbocycles. The van der Waals surface area contributed by atoms with Crippen molar-refractivity contribution in [1.82, 2.24) is 14.3 Å². The lowest BCUT2D eigenvalue weighted by atomic mass is 10.2. The average molecular weight is 436 g/mol. The Balaban J connectivity index is 1.41. The molecule has 2 aliphatic rings. The van der Waals surface area contributed by atoms with Gasteiger partial charge < -0.3 is 14.5 Å². The Hall–Kier alpha value is -2.30. The monoisotopic (exact) mass is 435 g/mol. The maximum absolute atomic E-state index is 13.1. The van der Waals surface area contributed by atoms with Crippen molar-refractivity contribution in [2.24, 2.45) is 0 Å². The van der Waals surface area contributed by atoms with E-state index in [0.29, 0.717) is 50.9 Å². The first kappa shape index (κ1) is 21.0. The number of morpholine rings is 1. The van der Waals surface area contributed by atoms with Gasteiger partial charge in [-0.3, -0.25) is 0 Å². The van der Waals surface area contributed by atoms with Gasteiger partial charge in [-0.1, -0.05) is 12.1 Å². The van der Waals surface area contributed by atoms with Gasteiger partial charge in [-0.2, -0.15) is 9.29 Å². The molecule has 0 aliphatic carbocycles. The molecular formula is C20H26FN5O3S. The van der Waals surface area contributed by atoms with Gasteiger partial charge in [-0.25, -0.2) is 17.8 Å². The van der Waals surface area contributed by atoms with Crippen molar-refractivity contribution in [2.75, 3.05) is 62.3 Å². The highest BCUT2D eigenvalue weighted by molar-refractivity contribution is 7.88. The van der Waals surface area contributed by atoms with Crippen LogP contribution in [0.4, 0.5) is 16.2 Å². The highest BCUT2D eigenvalue weighted by Crippen LogP contribution is 2.21. The summed E-state index contributed by atoms with van der Waals surface area (Å²) in [5, 5.41) is 0. The summed E-state index contributed by atoms with van der Waals surface area (Å²) in [7, 11) is -3.47. The lowest BCUT2D eigenvalue weighted by Gasteiger charge is -2.35. The lowest BCUT2D eigenvalue weighted by Crippen LogP contribution is -2.49. The highest BCUT2D eigenvalue weighted by Gasteiger charge is 2.28. The van der Waals surface area contributed by atoms with Crippen molar-refractivity contribution >= 4 is 21.8 Å². The van der Waals surface area contributed by atoms with E-state index in [0.717, 1.165) is 24.6 Å². The predicted molar refractivity (Wildman–Crippen MR) is 113 cm³/mol. The van der Waals surface area contributed by atoms with E-state index in [1.807, 2.05) is 17.9 Å². The summed E-state index contributed by atoms with van der Waals surface area (Å²) in [5.41, 5.74) is 1.46. The van der Waals surface area contributed by atoms with Gasteiger partial charge in [0.1, 0.15) is 11.6 Å². The SMILES string of the molecule is Cc1cc(N2CCOCC2)nc(N2CCN(S(=O)(=O)Cc3ccc(F)cc3)CC2)n1. The van der Waals surface area contributed by atoms with E-state index in [-0.39, 0.29) is 11.6 Å². The van der Waals surface area contributed by atoms with Crippen molar-refractivity contribution in [3.05, 3.63) is 47.4 Å². The summed E-state index contributed by atoms with van der Waals surface area (Å²) in [6, 6.07) is 7.56. The first-order chi connectivity index (χ1) is 14.4. The van der Waals surface area contributed by atoms with Crippen molar-refractivity contribution in [3.8, 4) is 0 Å². The van der Waals surface area contributed by atoms with E-state index in [1.54, 1.807) is 0 Å². The zero-order chi connectivity index (χ0) is 21.1. The fourth-order valence-corrected chi connectivity index (χ4v) is 5.20. The summed E-state index contributed by atoms with van der Waals surface area (Å²) in [4.78, 5) is 13.5. The number of halogens is 1. The number of ether oxygens (including phenoxy) is 1. The minimum atomic E-state index is -3.47. The van der Waals surface area contributed by atoms with Gasteiger partial charge in [0.15, 0.2) is 0 Å². The zero-order valence-electron chi connectivity index (χ0n) is 17.0. The van der Waals surface area contributed by atoms with Gasteiger partial charge >= 0.3 is 0 Å². The minimum absolute atomic E-state index is 0.130. The summed E-state index contributed by atoms with van der Waals surface area (Å²) in [6.45, 7) is 6.69. The zero-order valence-corrected chi connectivity index (χ0v) is 17.8. The highest BCUT2D eigenvalue weighted by atomic mass is 32.2. The molecule has 0 amide bonds. The smallest absolute Gasteiger partial charge is 0.227 e. The summed E-state index contributed by atoms with van der Waals surface area (Å²) < 4.78 is 45.5. The Morgan fingerprint density at radius 1 is 0.967 bits per heavy atom. The number of hydrogen-bond acceptors (Lipinski definition) is 7. The number of aromatic nitrogens is 2. The van der Waals surface area contributed by atoms with Crippen LogP contribution in [0, 0.1) is 12.7 Å². The molecule has 2 saturated heterocycles. The summed E-state index contributed by atoms with van der Waals surface area (Å²) in [6.07, 6.45) is 0. The van der Waals surface area contributed by atoms with E-state index in [2.05, 4.69) is 9.88 Å². The van der Waals surface area contributed by atoms with E-state index >= 15 is 0 Å². The van der Waals surface area contributed by atoms with Crippen LogP contribution in [0.5, 0.6) is 0 Å². The Kier molecular flexibility index (Phi) is 6.16. The third kappa shape index (κ3) is 4.88. The Morgan fingerprint density at radius 3 is 2.30 bits per heavy atom. The van der Waals surface area contributed by atoms with Crippen LogP contribution in [0.15, 0.2) is 30.3 Å². The first-order valence-electron chi connectivity index (χ1n) is 10.1. The predicted octanol–water partition coefficient (Wildman–Crippen LogP) is 1.41. The number of aryl methyl sites for hydroxylation is 1. The molecule has 0 radical (unpaired) electrons. The molecule has 2 aromatic rings. The second kappa shape index (κ2) is 8.83. The molecule has 0 unspecified atom stereocenters. The molecule has 30 heavy (non-hydrogen) atoms. The average Bonchev–Trinajstić information content (AvgIpc) is 2.75. The number of benzene rings is 1. The van der Waals surface area contributed by atoms with Crippen LogP contribution in [0.1, 0.15) is 11.3 Å². The Labute approximate surface area is 176 Å². The standard InChI is InChI=1S/C20H26FN5O3S/c1-16-14-19(24-10-12-29-13-11-24)23-20(22-16)25-6-8-26(9-7-25)30(27,28)15-17-2-4-18(21)5-3-17/h2-5,14H,6-13,15H2,1H3. The maximum atomic E-state index is 13.1. The summed E-state index contributed by atoms with van der Waals surface area (Å²) >= 11 is 0. The number of nitrogens with zero attached hydrogens (tertiary/aromatic N) is 5. The van der Waals surface area contributed by atoms with Crippen LogP contribution in [0.3, 0.4) is 0 Å². The number of hydrogen-bond donors (Lipinski definition) is 0. The van der Waals surface area contributed by atoms with Crippen LogP contribution in [-0.4, -0.2) is 75.2 Å². The van der Waals surface area contributed by atoms with Gasteiger partial charge in [0.2, 0.25) is 16.0 Å². The molecule has 0 spiro atoms. The topological polar surface area (TPSA) is 78.9 Å². The van der Waals surface area contributed by atoms with E-state index in [4.69, 9.17) is 9.72 Å². The van der Waals surface area contributed by atoms with Crippen molar-refractivity contribution in [3.63, 3.8) is 0 Å². The fraction of sp³-hybridized carbons (Fsp3) is 0.500. The molecule has 2 fully saturated rings. The van der Waals surface area contributed by atoms with Crippen molar-refractivity contribution in [1.29, 1.82) is 0 Å². The Morgan fingerprint density at radius 2 is 1.63 bits per heavy atom. The van der Waals surface area contributed by atoms with Crippen molar-refractivity contribution in [2.45, 2.75) is 12.7 Å². The van der Waals surface area contributed by atoms with Gasteiger partial charge in [0, 0.05) is 51.0 Å². The quantitative estimate of drug-likeness (QED) is 0.703. The second-order valence-corrected chi connectivity index (χ2v) is 9.50. The number of rotatable bonds is 5. The fourth-order valence-electron chi connectivity index (χ4n) is 3.68. The van der Waals surface area contributed by atoms with Crippen LogP contribution in [0.2, 0.25) is 0 Å². The molecule has 4 rings (SSSR count). The van der Waals surface area contributed by atoms with Crippen LogP contribution in [0.25, 0.3) is 0 Å². The molecule has 0 bridgehead atoms. The molecule has 8 nitrogen and oxygen atoms in total. The van der Waals surface area contributed by atoms with Crippen LogP contribution in [-0.2, 0) is 20.5 Å². The molecular weight excluding hydrogens is 409 g/mol. The summed E-state index contributed by atoms with van der Waals surface area (Å²) in [5.74, 6) is 1.01. The van der Waals surface area contributed by atoms with E-state index in [9.17, 15) is 12.8 Å². The number of sulfonamides is 1. The first-order valence-corrected chi connectivity index (χ1v) is 11.7. The van der Waals surface area contributed by atoms with Gasteiger partial charge in [0.25, 0.3) is 0 Å². The number of piperazine rings is 1. The number of anilines is 2. The molecule has 0 atom stereocenters. The molecule has 0 N–H and O–H groups in total. The van der Waals surface area contributed by atoms with Gasteiger partial charge in [0.05, 0.1) is 19.0 Å². The Bertz CT molecular complexity index is 972. The lowest BCUT2D eigenvalue weighted by molar-refractivity contribution is 0.122. The molecule has 162 valence electrons. The molecule has 2 aliphatic heterocycles. The molecule has 10 heteroatoms. The van der Waals surface area contributed by atoms with Gasteiger partial charge in [-0.05, 0) is 24.6 Å². The van der Waals surface area contributed by atoms with Crippen molar-refractivity contribution < 1.29 is 17.5 Å². The largest absolute Gasteiger partial charge is 0.378 e. The molecule has 1 aromatic heterocycles. The van der Waals surface area contributed by atoms with Gasteiger partial charge in [-0.15, -0.1) is 0 Å². The second-order valence-electron chi connectivity index (χ2n) is 7.54. The van der Waals surface area contributed by atoms with Crippen LogP contribution >= 0.6 is 0 Å².